The van der Waals surface area contributed by atoms with Crippen LogP contribution in [0.5, 0.6) is 0 Å². The maximum Gasteiger partial charge on any atom is 0.0488 e. The van der Waals surface area contributed by atoms with Crippen molar-refractivity contribution in [3.8, 4) is 0 Å². The standard InChI is InChI=1S/C15H23NOS/c1-12-7-8-14(10-16)15(9-12)18(17)11-13-5-3-2-4-6-13/h2-6,12,14-15H,7-11,16H2,1H3. The van der Waals surface area contributed by atoms with Crippen molar-refractivity contribution in [3.05, 3.63) is 35.9 Å². The third kappa shape index (κ3) is 3.42. The predicted molar refractivity (Wildman–Crippen MR) is 77.6 cm³/mol. The first-order valence-corrected chi connectivity index (χ1v) is 8.20. The summed E-state index contributed by atoms with van der Waals surface area (Å²) in [5.74, 6) is 1.82. The molecule has 2 nitrogen and oxygen atoms in total. The molecule has 1 fully saturated rings. The molecule has 1 aromatic rings. The molecule has 1 aromatic carbocycles. The molecule has 0 bridgehead atoms. The van der Waals surface area contributed by atoms with Crippen molar-refractivity contribution in [2.45, 2.75) is 37.2 Å². The van der Waals surface area contributed by atoms with Crippen LogP contribution in [0.4, 0.5) is 0 Å². The lowest BCUT2D eigenvalue weighted by Gasteiger charge is -2.33. The Balaban J connectivity index is 2.02. The highest BCUT2D eigenvalue weighted by Crippen LogP contribution is 2.32. The largest absolute Gasteiger partial charge is 0.330 e. The molecule has 0 saturated heterocycles. The molecule has 18 heavy (non-hydrogen) atoms. The van der Waals surface area contributed by atoms with Gasteiger partial charge in [0.15, 0.2) is 0 Å². The molecule has 0 heterocycles. The van der Waals surface area contributed by atoms with Crippen molar-refractivity contribution < 1.29 is 4.21 Å². The minimum absolute atomic E-state index is 0.291. The van der Waals surface area contributed by atoms with Gasteiger partial charge in [0.1, 0.15) is 0 Å². The summed E-state index contributed by atoms with van der Waals surface area (Å²) in [6.07, 6.45) is 3.45. The summed E-state index contributed by atoms with van der Waals surface area (Å²) in [4.78, 5) is 0. The number of hydrogen-bond acceptors (Lipinski definition) is 2. The Morgan fingerprint density at radius 1 is 1.28 bits per heavy atom. The zero-order chi connectivity index (χ0) is 13.0. The maximum absolute atomic E-state index is 12.5. The van der Waals surface area contributed by atoms with Gasteiger partial charge >= 0.3 is 0 Å². The van der Waals surface area contributed by atoms with Crippen molar-refractivity contribution in [1.29, 1.82) is 0 Å². The van der Waals surface area contributed by atoms with Gasteiger partial charge in [-0.05, 0) is 36.8 Å². The SMILES string of the molecule is CC1CCC(CN)C(S(=O)Cc2ccccc2)C1. The molecular formula is C15H23NOS. The van der Waals surface area contributed by atoms with E-state index in [1.807, 2.05) is 18.2 Å². The molecule has 1 saturated carbocycles. The molecule has 0 radical (unpaired) electrons. The van der Waals surface area contributed by atoms with Crippen LogP contribution in [-0.2, 0) is 16.6 Å². The summed E-state index contributed by atoms with van der Waals surface area (Å²) >= 11 is 0. The third-order valence-corrected chi connectivity index (χ3v) is 5.85. The van der Waals surface area contributed by atoms with Gasteiger partial charge in [0.25, 0.3) is 0 Å². The normalized spacial score (nSPS) is 30.0. The van der Waals surface area contributed by atoms with E-state index < -0.39 is 10.8 Å². The maximum atomic E-state index is 12.5. The van der Waals surface area contributed by atoms with Gasteiger partial charge in [0.05, 0.1) is 0 Å². The highest BCUT2D eigenvalue weighted by Gasteiger charge is 2.31. The fourth-order valence-electron chi connectivity index (χ4n) is 2.83. The highest BCUT2D eigenvalue weighted by molar-refractivity contribution is 7.84. The van der Waals surface area contributed by atoms with E-state index in [1.54, 1.807) is 0 Å². The Labute approximate surface area is 112 Å². The Morgan fingerprint density at radius 3 is 2.67 bits per heavy atom. The van der Waals surface area contributed by atoms with Gasteiger partial charge in [-0.25, -0.2) is 0 Å². The lowest BCUT2D eigenvalue weighted by Crippen LogP contribution is -2.37. The fraction of sp³-hybridized carbons (Fsp3) is 0.600. The lowest BCUT2D eigenvalue weighted by atomic mass is 9.82. The minimum Gasteiger partial charge on any atom is -0.330 e. The number of benzene rings is 1. The second kappa shape index (κ2) is 6.48. The van der Waals surface area contributed by atoms with Crippen molar-refractivity contribution in [1.82, 2.24) is 0 Å². The van der Waals surface area contributed by atoms with Gasteiger partial charge < -0.3 is 5.73 Å². The van der Waals surface area contributed by atoms with E-state index in [0.29, 0.717) is 29.4 Å². The first kappa shape index (κ1) is 13.8. The first-order valence-electron chi connectivity index (χ1n) is 6.82. The first-order chi connectivity index (χ1) is 8.70. The van der Waals surface area contributed by atoms with Crippen molar-refractivity contribution in [3.63, 3.8) is 0 Å². The molecule has 2 rings (SSSR count). The average Bonchev–Trinajstić information content (AvgIpc) is 2.40. The molecule has 0 aliphatic heterocycles. The smallest absolute Gasteiger partial charge is 0.0488 e. The van der Waals surface area contributed by atoms with Crippen LogP contribution in [0.15, 0.2) is 30.3 Å². The Bertz CT molecular complexity index is 393. The summed E-state index contributed by atoms with van der Waals surface area (Å²) in [6.45, 7) is 2.94. The van der Waals surface area contributed by atoms with Crippen LogP contribution in [0.2, 0.25) is 0 Å². The molecule has 1 aliphatic carbocycles. The van der Waals surface area contributed by atoms with E-state index in [-0.39, 0.29) is 0 Å². The molecule has 4 unspecified atom stereocenters. The van der Waals surface area contributed by atoms with Crippen molar-refractivity contribution in [2.75, 3.05) is 6.54 Å². The summed E-state index contributed by atoms with van der Waals surface area (Å²) in [7, 11) is -0.788. The van der Waals surface area contributed by atoms with Gasteiger partial charge in [-0.1, -0.05) is 43.7 Å². The number of nitrogens with two attached hydrogens (primary N) is 1. The molecular weight excluding hydrogens is 242 g/mol. The van der Waals surface area contributed by atoms with Gasteiger partial charge in [-0.15, -0.1) is 0 Å². The van der Waals surface area contributed by atoms with Crippen LogP contribution < -0.4 is 5.73 Å². The summed E-state index contributed by atoms with van der Waals surface area (Å²) in [5.41, 5.74) is 7.01. The quantitative estimate of drug-likeness (QED) is 0.909. The molecule has 3 heteroatoms. The second-order valence-electron chi connectivity index (χ2n) is 5.46. The Kier molecular flexibility index (Phi) is 4.95. The van der Waals surface area contributed by atoms with E-state index in [1.165, 1.54) is 12.0 Å². The lowest BCUT2D eigenvalue weighted by molar-refractivity contribution is 0.302. The third-order valence-electron chi connectivity index (χ3n) is 3.98. The van der Waals surface area contributed by atoms with E-state index in [0.717, 1.165) is 12.8 Å². The molecule has 0 amide bonds. The molecule has 2 N–H and O–H groups in total. The molecule has 1 aliphatic rings. The fourth-order valence-corrected chi connectivity index (χ4v) is 4.78. The van der Waals surface area contributed by atoms with E-state index in [2.05, 4.69) is 19.1 Å². The van der Waals surface area contributed by atoms with Crippen LogP contribution >= 0.6 is 0 Å². The van der Waals surface area contributed by atoms with Gasteiger partial charge in [0, 0.05) is 21.8 Å². The molecule has 0 spiro atoms. The van der Waals surface area contributed by atoms with Crippen LogP contribution in [-0.4, -0.2) is 16.0 Å². The topological polar surface area (TPSA) is 43.1 Å². The summed E-state index contributed by atoms with van der Waals surface area (Å²) in [6, 6.07) is 10.1. The summed E-state index contributed by atoms with van der Waals surface area (Å²) in [5, 5.41) is 0.291. The van der Waals surface area contributed by atoms with E-state index in [9.17, 15) is 4.21 Å². The van der Waals surface area contributed by atoms with Gasteiger partial charge in [0.2, 0.25) is 0 Å². The van der Waals surface area contributed by atoms with Gasteiger partial charge in [-0.2, -0.15) is 0 Å². The Morgan fingerprint density at radius 2 is 2.00 bits per heavy atom. The van der Waals surface area contributed by atoms with Crippen LogP contribution in [0.3, 0.4) is 0 Å². The van der Waals surface area contributed by atoms with Gasteiger partial charge in [-0.3, -0.25) is 4.21 Å². The average molecular weight is 265 g/mol. The van der Waals surface area contributed by atoms with E-state index >= 15 is 0 Å². The van der Waals surface area contributed by atoms with Crippen molar-refractivity contribution >= 4 is 10.8 Å². The zero-order valence-electron chi connectivity index (χ0n) is 11.0. The molecule has 4 atom stereocenters. The summed E-state index contributed by atoms with van der Waals surface area (Å²) < 4.78 is 12.5. The second-order valence-corrected chi connectivity index (χ2v) is 7.12. The highest BCUT2D eigenvalue weighted by atomic mass is 32.2. The monoisotopic (exact) mass is 265 g/mol. The van der Waals surface area contributed by atoms with E-state index in [4.69, 9.17) is 5.73 Å². The number of hydrogen-bond donors (Lipinski definition) is 1. The molecule has 0 aromatic heterocycles. The van der Waals surface area contributed by atoms with Crippen molar-refractivity contribution in [2.24, 2.45) is 17.6 Å². The van der Waals surface area contributed by atoms with Crippen LogP contribution in [0.1, 0.15) is 31.7 Å². The number of rotatable bonds is 4. The molecule has 100 valence electrons. The predicted octanol–water partition coefficient (Wildman–Crippen LogP) is 2.70. The van der Waals surface area contributed by atoms with Crippen LogP contribution in [0, 0.1) is 11.8 Å². The van der Waals surface area contributed by atoms with Crippen LogP contribution in [0.25, 0.3) is 0 Å². The zero-order valence-corrected chi connectivity index (χ0v) is 11.9. The Hall–Kier alpha value is -0.670. The minimum atomic E-state index is -0.788.